The number of hydrogen-bond acceptors (Lipinski definition) is 5. The van der Waals surface area contributed by atoms with E-state index in [9.17, 15) is 0 Å². The molecule has 0 saturated carbocycles. The van der Waals surface area contributed by atoms with Crippen LogP contribution in [0.4, 0.5) is 0 Å². The van der Waals surface area contributed by atoms with Gasteiger partial charge in [0.05, 0.1) is 26.1 Å². The SMILES string of the molecule is CN=C(NCc1cnn(-c2ccccc2)c1)NC1CCN(Cc2cc(OC)cc(OC)c2)C1.I. The predicted octanol–water partition coefficient (Wildman–Crippen LogP) is 3.45. The second kappa shape index (κ2) is 12.6. The quantitative estimate of drug-likeness (QED) is 0.243. The molecule has 1 aliphatic rings. The molecule has 1 atom stereocenters. The number of aromatic nitrogens is 2. The highest BCUT2D eigenvalue weighted by molar-refractivity contribution is 14.0. The predicted molar refractivity (Wildman–Crippen MR) is 146 cm³/mol. The standard InChI is InChI=1S/C25H32N6O2.HI/c1-26-25(27-14-20-15-28-31(17-20)22-7-5-4-6-8-22)29-21-9-10-30(18-21)16-19-11-23(32-2)13-24(12-19)33-3;/h4-8,11-13,15,17,21H,9-10,14,16,18H2,1-3H3,(H2,26,27,29);1H. The summed E-state index contributed by atoms with van der Waals surface area (Å²) < 4.78 is 12.7. The molecule has 8 nitrogen and oxygen atoms in total. The van der Waals surface area contributed by atoms with E-state index < -0.39 is 0 Å². The van der Waals surface area contributed by atoms with Crippen LogP contribution >= 0.6 is 24.0 Å². The van der Waals surface area contributed by atoms with Gasteiger partial charge < -0.3 is 20.1 Å². The van der Waals surface area contributed by atoms with Crippen molar-refractivity contribution < 1.29 is 9.47 Å². The highest BCUT2D eigenvalue weighted by Crippen LogP contribution is 2.24. The maximum absolute atomic E-state index is 5.40. The summed E-state index contributed by atoms with van der Waals surface area (Å²) in [4.78, 5) is 6.84. The Hall–Kier alpha value is -2.79. The number of guanidine groups is 1. The highest BCUT2D eigenvalue weighted by Gasteiger charge is 2.23. The van der Waals surface area contributed by atoms with Crippen molar-refractivity contribution in [2.24, 2.45) is 4.99 Å². The van der Waals surface area contributed by atoms with Gasteiger partial charge >= 0.3 is 0 Å². The van der Waals surface area contributed by atoms with Crippen LogP contribution in [0.25, 0.3) is 5.69 Å². The fraction of sp³-hybridized carbons (Fsp3) is 0.360. The number of likely N-dealkylation sites (tertiary alicyclic amines) is 1. The Morgan fingerprint density at radius 1 is 1.09 bits per heavy atom. The van der Waals surface area contributed by atoms with Crippen LogP contribution in [0.3, 0.4) is 0 Å². The number of rotatable bonds is 8. The van der Waals surface area contributed by atoms with Crippen LogP contribution in [0.2, 0.25) is 0 Å². The van der Waals surface area contributed by atoms with Gasteiger partial charge in [-0.3, -0.25) is 9.89 Å². The summed E-state index contributed by atoms with van der Waals surface area (Å²) in [5.41, 5.74) is 3.33. The van der Waals surface area contributed by atoms with Gasteiger partial charge in [-0.05, 0) is 36.2 Å². The van der Waals surface area contributed by atoms with Gasteiger partial charge in [-0.25, -0.2) is 4.68 Å². The lowest BCUT2D eigenvalue weighted by molar-refractivity contribution is 0.321. The van der Waals surface area contributed by atoms with Crippen molar-refractivity contribution in [3.8, 4) is 17.2 Å². The molecular weight excluding hydrogens is 543 g/mol. The molecule has 0 amide bonds. The van der Waals surface area contributed by atoms with Crippen molar-refractivity contribution in [1.29, 1.82) is 0 Å². The molecule has 2 aromatic carbocycles. The third-order valence-electron chi connectivity index (χ3n) is 5.77. The minimum Gasteiger partial charge on any atom is -0.497 e. The topological polar surface area (TPSA) is 75.9 Å². The number of hydrogen-bond donors (Lipinski definition) is 2. The van der Waals surface area contributed by atoms with E-state index in [2.05, 4.69) is 37.8 Å². The number of aliphatic imine (C=N–C) groups is 1. The number of methoxy groups -OCH3 is 2. The van der Waals surface area contributed by atoms with Gasteiger partial charge in [0.25, 0.3) is 0 Å². The minimum atomic E-state index is 0. The van der Waals surface area contributed by atoms with Crippen LogP contribution in [-0.4, -0.2) is 61.0 Å². The number of nitrogens with zero attached hydrogens (tertiary/aromatic N) is 4. The Kier molecular flexibility index (Phi) is 9.58. The molecule has 1 fully saturated rings. The van der Waals surface area contributed by atoms with Gasteiger partial charge in [0.15, 0.2) is 5.96 Å². The molecule has 1 unspecified atom stereocenters. The van der Waals surface area contributed by atoms with Gasteiger partial charge in [-0.15, -0.1) is 24.0 Å². The Morgan fingerprint density at radius 2 is 1.82 bits per heavy atom. The molecular formula is C25H33IN6O2. The Morgan fingerprint density at radius 3 is 2.50 bits per heavy atom. The highest BCUT2D eigenvalue weighted by atomic mass is 127. The van der Waals surface area contributed by atoms with Crippen molar-refractivity contribution >= 4 is 29.9 Å². The molecule has 34 heavy (non-hydrogen) atoms. The summed E-state index contributed by atoms with van der Waals surface area (Å²) in [5, 5.41) is 11.4. The van der Waals surface area contributed by atoms with Crippen molar-refractivity contribution in [3.05, 3.63) is 72.1 Å². The summed E-state index contributed by atoms with van der Waals surface area (Å²) in [6, 6.07) is 16.5. The summed E-state index contributed by atoms with van der Waals surface area (Å²) in [7, 11) is 5.16. The smallest absolute Gasteiger partial charge is 0.191 e. The first-order valence-electron chi connectivity index (χ1n) is 11.2. The normalized spacial score (nSPS) is 16.1. The van der Waals surface area contributed by atoms with Gasteiger partial charge in [-0.1, -0.05) is 18.2 Å². The van der Waals surface area contributed by atoms with E-state index >= 15 is 0 Å². The maximum atomic E-state index is 5.40. The van der Waals surface area contributed by atoms with Crippen molar-refractivity contribution in [2.45, 2.75) is 25.6 Å². The molecule has 182 valence electrons. The minimum absolute atomic E-state index is 0. The van der Waals surface area contributed by atoms with Gasteiger partial charge in [0.2, 0.25) is 0 Å². The monoisotopic (exact) mass is 576 g/mol. The molecule has 0 bridgehead atoms. The number of benzene rings is 2. The summed E-state index contributed by atoms with van der Waals surface area (Å²) >= 11 is 0. The molecule has 1 aliphatic heterocycles. The average Bonchev–Trinajstić information content (AvgIpc) is 3.51. The largest absolute Gasteiger partial charge is 0.497 e. The number of halogens is 1. The lowest BCUT2D eigenvalue weighted by Gasteiger charge is -2.19. The Bertz CT molecular complexity index is 1050. The fourth-order valence-corrected chi connectivity index (χ4v) is 4.06. The third-order valence-corrected chi connectivity index (χ3v) is 5.77. The van der Waals surface area contributed by atoms with Crippen LogP contribution in [0, 0.1) is 0 Å². The second-order valence-electron chi connectivity index (χ2n) is 8.14. The molecule has 0 spiro atoms. The average molecular weight is 576 g/mol. The van der Waals surface area contributed by atoms with Crippen LogP contribution in [0.15, 0.2) is 65.9 Å². The molecule has 4 rings (SSSR count). The van der Waals surface area contributed by atoms with E-state index in [0.29, 0.717) is 12.6 Å². The zero-order valence-corrected chi connectivity index (χ0v) is 22.2. The first-order chi connectivity index (χ1) is 16.2. The van der Waals surface area contributed by atoms with E-state index in [4.69, 9.17) is 9.47 Å². The molecule has 1 saturated heterocycles. The number of nitrogens with one attached hydrogen (secondary N) is 2. The van der Waals surface area contributed by atoms with E-state index in [-0.39, 0.29) is 24.0 Å². The van der Waals surface area contributed by atoms with E-state index in [1.165, 1.54) is 5.56 Å². The van der Waals surface area contributed by atoms with Crippen molar-refractivity contribution in [3.63, 3.8) is 0 Å². The van der Waals surface area contributed by atoms with Crippen LogP contribution in [0.5, 0.6) is 11.5 Å². The third kappa shape index (κ3) is 6.86. The fourth-order valence-electron chi connectivity index (χ4n) is 4.06. The molecule has 0 radical (unpaired) electrons. The Labute approximate surface area is 218 Å². The van der Waals surface area contributed by atoms with Crippen LogP contribution in [-0.2, 0) is 13.1 Å². The zero-order chi connectivity index (χ0) is 23.0. The lowest BCUT2D eigenvalue weighted by atomic mass is 10.2. The first kappa shape index (κ1) is 25.8. The van der Waals surface area contributed by atoms with Crippen LogP contribution < -0.4 is 20.1 Å². The summed E-state index contributed by atoms with van der Waals surface area (Å²) in [6.45, 7) is 3.49. The van der Waals surface area contributed by atoms with Crippen molar-refractivity contribution in [1.82, 2.24) is 25.3 Å². The number of para-hydroxylation sites is 1. The van der Waals surface area contributed by atoms with E-state index in [1.54, 1.807) is 21.3 Å². The molecule has 2 heterocycles. The molecule has 3 aromatic rings. The lowest BCUT2D eigenvalue weighted by Crippen LogP contribution is -2.44. The van der Waals surface area contributed by atoms with Gasteiger partial charge in [0.1, 0.15) is 11.5 Å². The van der Waals surface area contributed by atoms with Crippen molar-refractivity contribution in [2.75, 3.05) is 34.4 Å². The van der Waals surface area contributed by atoms with Gasteiger partial charge in [-0.2, -0.15) is 5.10 Å². The molecule has 2 N–H and O–H groups in total. The van der Waals surface area contributed by atoms with E-state index in [0.717, 1.165) is 54.8 Å². The summed E-state index contributed by atoms with van der Waals surface area (Å²) in [5.74, 6) is 2.44. The second-order valence-corrected chi connectivity index (χ2v) is 8.14. The number of ether oxygens (including phenoxy) is 2. The molecule has 0 aliphatic carbocycles. The molecule has 9 heteroatoms. The zero-order valence-electron chi connectivity index (χ0n) is 19.9. The van der Waals surface area contributed by atoms with Crippen LogP contribution in [0.1, 0.15) is 17.5 Å². The van der Waals surface area contributed by atoms with E-state index in [1.807, 2.05) is 53.5 Å². The first-order valence-corrected chi connectivity index (χ1v) is 11.2. The van der Waals surface area contributed by atoms with Gasteiger partial charge in [0, 0.05) is 57.1 Å². The Balaban J connectivity index is 0.00000324. The maximum Gasteiger partial charge on any atom is 0.191 e. The summed E-state index contributed by atoms with van der Waals surface area (Å²) in [6.07, 6.45) is 4.98. The molecule has 1 aromatic heterocycles.